The Balaban J connectivity index is 2.13. The highest BCUT2D eigenvalue weighted by Crippen LogP contribution is 2.41. The summed E-state index contributed by atoms with van der Waals surface area (Å²) in [6.45, 7) is 12.2. The average Bonchev–Trinajstić information content (AvgIpc) is 3.20. The van der Waals surface area contributed by atoms with E-state index in [0.717, 1.165) is 74.9 Å². The second-order valence-electron chi connectivity index (χ2n) is 8.00. The number of aryl methyl sites for hydroxylation is 1. The highest BCUT2D eigenvalue weighted by molar-refractivity contribution is 9.10. The first-order valence-corrected chi connectivity index (χ1v) is 12.1. The van der Waals surface area contributed by atoms with Crippen LogP contribution in [0.3, 0.4) is 0 Å². The average molecular weight is 498 g/mol. The SMILES string of the molecule is CCCN(CCC)C(=O)/C=C(\C)c1cc2c(-c3ccc(Br)cc3)coc2c(C)c1OCC. The summed E-state index contributed by atoms with van der Waals surface area (Å²) in [7, 11) is 0. The number of hydrogen-bond donors (Lipinski definition) is 0. The number of amides is 1. The number of rotatable bonds is 9. The smallest absolute Gasteiger partial charge is 0.246 e. The Labute approximate surface area is 199 Å². The van der Waals surface area contributed by atoms with Gasteiger partial charge in [-0.3, -0.25) is 4.79 Å². The fourth-order valence-electron chi connectivity index (χ4n) is 4.02. The van der Waals surface area contributed by atoms with Crippen molar-refractivity contribution in [1.82, 2.24) is 4.90 Å². The third-order valence-electron chi connectivity index (χ3n) is 5.55. The minimum Gasteiger partial charge on any atom is -0.493 e. The molecule has 4 nitrogen and oxygen atoms in total. The van der Waals surface area contributed by atoms with Crippen molar-refractivity contribution >= 4 is 38.4 Å². The Morgan fingerprint density at radius 1 is 1.12 bits per heavy atom. The van der Waals surface area contributed by atoms with Crippen LogP contribution in [-0.2, 0) is 4.79 Å². The fraction of sp³-hybridized carbons (Fsp3) is 0.370. The van der Waals surface area contributed by atoms with Crippen molar-refractivity contribution in [3.63, 3.8) is 0 Å². The molecule has 3 aromatic rings. The topological polar surface area (TPSA) is 42.7 Å². The van der Waals surface area contributed by atoms with E-state index >= 15 is 0 Å². The van der Waals surface area contributed by atoms with Crippen LogP contribution < -0.4 is 4.74 Å². The third-order valence-corrected chi connectivity index (χ3v) is 6.08. The number of carbonyl (C=O) groups excluding carboxylic acids is 1. The van der Waals surface area contributed by atoms with Crippen LogP contribution in [0.1, 0.15) is 51.7 Å². The van der Waals surface area contributed by atoms with Crippen LogP contribution in [0.2, 0.25) is 0 Å². The molecule has 1 amide bonds. The second-order valence-corrected chi connectivity index (χ2v) is 8.91. The number of allylic oxidation sites excluding steroid dienone is 1. The minimum atomic E-state index is 0.0479. The van der Waals surface area contributed by atoms with Crippen molar-refractivity contribution in [3.05, 3.63) is 58.3 Å². The molecule has 0 aliphatic heterocycles. The normalized spacial score (nSPS) is 11.8. The van der Waals surface area contributed by atoms with Gasteiger partial charge in [-0.1, -0.05) is 41.9 Å². The number of hydrogen-bond acceptors (Lipinski definition) is 3. The molecule has 32 heavy (non-hydrogen) atoms. The summed E-state index contributed by atoms with van der Waals surface area (Å²) in [5, 5.41) is 1.02. The van der Waals surface area contributed by atoms with E-state index in [9.17, 15) is 4.79 Å². The summed E-state index contributed by atoms with van der Waals surface area (Å²) in [5.41, 5.74) is 5.69. The molecule has 2 aromatic carbocycles. The molecule has 0 N–H and O–H groups in total. The maximum Gasteiger partial charge on any atom is 0.246 e. The molecule has 0 bridgehead atoms. The molecule has 1 aromatic heterocycles. The summed E-state index contributed by atoms with van der Waals surface area (Å²) < 4.78 is 13.0. The molecule has 0 aliphatic rings. The summed E-state index contributed by atoms with van der Waals surface area (Å²) in [5.74, 6) is 0.822. The van der Waals surface area contributed by atoms with Gasteiger partial charge in [-0.15, -0.1) is 0 Å². The van der Waals surface area contributed by atoms with Crippen molar-refractivity contribution in [1.29, 1.82) is 0 Å². The summed E-state index contributed by atoms with van der Waals surface area (Å²) in [4.78, 5) is 14.9. The van der Waals surface area contributed by atoms with Crippen LogP contribution in [-0.4, -0.2) is 30.5 Å². The van der Waals surface area contributed by atoms with E-state index in [0.29, 0.717) is 6.61 Å². The van der Waals surface area contributed by atoms with Gasteiger partial charge in [0, 0.05) is 45.7 Å². The molecule has 0 saturated heterocycles. The number of nitrogens with zero attached hydrogens (tertiary/aromatic N) is 1. The number of benzene rings is 2. The number of fused-ring (bicyclic) bond motifs is 1. The van der Waals surface area contributed by atoms with Crippen molar-refractivity contribution in [2.75, 3.05) is 19.7 Å². The molecule has 0 radical (unpaired) electrons. The number of furan rings is 1. The fourth-order valence-corrected chi connectivity index (χ4v) is 4.28. The zero-order valence-corrected chi connectivity index (χ0v) is 21.2. The van der Waals surface area contributed by atoms with Gasteiger partial charge in [0.25, 0.3) is 0 Å². The summed E-state index contributed by atoms with van der Waals surface area (Å²) in [6, 6.07) is 10.3. The van der Waals surface area contributed by atoms with E-state index in [1.54, 1.807) is 12.3 Å². The van der Waals surface area contributed by atoms with Crippen molar-refractivity contribution < 1.29 is 13.9 Å². The van der Waals surface area contributed by atoms with E-state index in [4.69, 9.17) is 9.15 Å². The van der Waals surface area contributed by atoms with Crippen LogP contribution in [0.5, 0.6) is 5.75 Å². The van der Waals surface area contributed by atoms with Crippen LogP contribution >= 0.6 is 15.9 Å². The van der Waals surface area contributed by atoms with E-state index in [1.807, 2.05) is 37.8 Å². The molecule has 170 valence electrons. The second kappa shape index (κ2) is 10.9. The maximum absolute atomic E-state index is 13.0. The lowest BCUT2D eigenvalue weighted by atomic mass is 9.96. The Morgan fingerprint density at radius 2 is 1.78 bits per heavy atom. The van der Waals surface area contributed by atoms with Gasteiger partial charge in [-0.2, -0.15) is 0 Å². The lowest BCUT2D eigenvalue weighted by Crippen LogP contribution is -2.31. The van der Waals surface area contributed by atoms with E-state index < -0.39 is 0 Å². The molecular weight excluding hydrogens is 466 g/mol. The van der Waals surface area contributed by atoms with Gasteiger partial charge in [-0.25, -0.2) is 0 Å². The zero-order valence-electron chi connectivity index (χ0n) is 19.6. The van der Waals surface area contributed by atoms with Crippen LogP contribution in [0, 0.1) is 6.92 Å². The van der Waals surface area contributed by atoms with Crippen LogP contribution in [0.15, 0.2) is 51.6 Å². The number of halogens is 1. The van der Waals surface area contributed by atoms with Gasteiger partial charge >= 0.3 is 0 Å². The molecule has 0 spiro atoms. The molecule has 0 unspecified atom stereocenters. The van der Waals surface area contributed by atoms with Gasteiger partial charge < -0.3 is 14.1 Å². The largest absolute Gasteiger partial charge is 0.493 e. The highest BCUT2D eigenvalue weighted by Gasteiger charge is 2.20. The standard InChI is InChI=1S/C27H32BrNO3/c1-6-13-29(14-7-2)25(30)15-18(4)22-16-23-24(20-9-11-21(28)12-10-20)17-32-27(23)19(5)26(22)31-8-3/h9-12,15-17H,6-8,13-14H2,1-5H3/b18-15+. The molecule has 0 aliphatic carbocycles. The first-order valence-electron chi connectivity index (χ1n) is 11.3. The monoisotopic (exact) mass is 497 g/mol. The van der Waals surface area contributed by atoms with Crippen molar-refractivity contribution in [3.8, 4) is 16.9 Å². The number of ether oxygens (including phenoxy) is 1. The van der Waals surface area contributed by atoms with E-state index in [2.05, 4.69) is 48.0 Å². The van der Waals surface area contributed by atoms with Gasteiger partial charge in [0.05, 0.1) is 12.9 Å². The first-order chi connectivity index (χ1) is 15.4. The van der Waals surface area contributed by atoms with Gasteiger partial charge in [-0.05, 0) is 62.9 Å². The molecule has 0 fully saturated rings. The van der Waals surface area contributed by atoms with Crippen LogP contribution in [0.4, 0.5) is 0 Å². The van der Waals surface area contributed by atoms with Gasteiger partial charge in [0.2, 0.25) is 5.91 Å². The minimum absolute atomic E-state index is 0.0479. The molecular formula is C27H32BrNO3. The maximum atomic E-state index is 13.0. The van der Waals surface area contributed by atoms with Crippen LogP contribution in [0.25, 0.3) is 27.7 Å². The highest BCUT2D eigenvalue weighted by atomic mass is 79.9. The lowest BCUT2D eigenvalue weighted by Gasteiger charge is -2.20. The summed E-state index contributed by atoms with van der Waals surface area (Å²) >= 11 is 3.50. The third kappa shape index (κ3) is 5.09. The Morgan fingerprint density at radius 3 is 2.38 bits per heavy atom. The molecule has 5 heteroatoms. The first kappa shape index (κ1) is 24.1. The van der Waals surface area contributed by atoms with Gasteiger partial charge in [0.1, 0.15) is 11.3 Å². The Kier molecular flexibility index (Phi) is 8.19. The molecule has 0 atom stereocenters. The quantitative estimate of drug-likeness (QED) is 0.285. The molecule has 3 rings (SSSR count). The summed E-state index contributed by atoms with van der Waals surface area (Å²) in [6.07, 6.45) is 5.43. The van der Waals surface area contributed by atoms with E-state index in [-0.39, 0.29) is 5.91 Å². The Hall–Kier alpha value is -2.53. The molecule has 1 heterocycles. The number of carbonyl (C=O) groups is 1. The lowest BCUT2D eigenvalue weighted by molar-refractivity contribution is -0.126. The predicted octanol–water partition coefficient (Wildman–Crippen LogP) is 7.62. The zero-order chi connectivity index (χ0) is 23.3. The molecule has 0 saturated carbocycles. The van der Waals surface area contributed by atoms with Crippen molar-refractivity contribution in [2.24, 2.45) is 0 Å². The van der Waals surface area contributed by atoms with Gasteiger partial charge in [0.15, 0.2) is 0 Å². The predicted molar refractivity (Wildman–Crippen MR) is 136 cm³/mol. The Bertz CT molecular complexity index is 1110. The van der Waals surface area contributed by atoms with Crippen molar-refractivity contribution in [2.45, 2.75) is 47.5 Å². The van der Waals surface area contributed by atoms with E-state index in [1.165, 1.54) is 0 Å².